The second-order valence-electron chi connectivity index (χ2n) is 4.27. The molecule has 1 saturated heterocycles. The van der Waals surface area contributed by atoms with Gasteiger partial charge in [0.05, 0.1) is 12.1 Å². The number of imide groups is 1. The molecule has 0 aromatic heterocycles. The summed E-state index contributed by atoms with van der Waals surface area (Å²) in [6.07, 6.45) is 0.864. The number of ketones is 1. The van der Waals surface area contributed by atoms with Crippen LogP contribution in [0.15, 0.2) is 18.2 Å². The molecule has 1 aliphatic rings. The molecule has 1 aromatic carbocycles. The Labute approximate surface area is 108 Å². The van der Waals surface area contributed by atoms with Crippen LogP contribution < -0.4 is 0 Å². The summed E-state index contributed by atoms with van der Waals surface area (Å²) < 4.78 is 26.1. The third-order valence-corrected chi connectivity index (χ3v) is 2.92. The van der Waals surface area contributed by atoms with Crippen LogP contribution in [0.5, 0.6) is 0 Å². The van der Waals surface area contributed by atoms with Gasteiger partial charge in [0.1, 0.15) is 11.6 Å². The Morgan fingerprint density at radius 2 is 1.79 bits per heavy atom. The van der Waals surface area contributed by atoms with E-state index in [4.69, 9.17) is 0 Å². The molecule has 6 heteroatoms. The molecule has 0 saturated carbocycles. The summed E-state index contributed by atoms with van der Waals surface area (Å²) in [4.78, 5) is 35.7. The van der Waals surface area contributed by atoms with Crippen molar-refractivity contribution in [1.29, 1.82) is 0 Å². The van der Waals surface area contributed by atoms with Crippen molar-refractivity contribution < 1.29 is 23.2 Å². The monoisotopic (exact) mass is 267 g/mol. The summed E-state index contributed by atoms with van der Waals surface area (Å²) in [5, 5.41) is 0. The molecule has 1 aromatic rings. The van der Waals surface area contributed by atoms with Gasteiger partial charge in [-0.25, -0.2) is 8.78 Å². The first-order chi connectivity index (χ1) is 8.99. The molecule has 1 heterocycles. The van der Waals surface area contributed by atoms with Crippen LogP contribution in [-0.2, 0) is 9.59 Å². The molecule has 1 aliphatic heterocycles. The summed E-state index contributed by atoms with van der Waals surface area (Å²) in [6, 6.07) is 2.55. The number of carbonyl (C=O) groups is 3. The number of rotatable bonds is 3. The Hall–Kier alpha value is -2.11. The predicted octanol–water partition coefficient (Wildman–Crippen LogP) is 1.69. The minimum Gasteiger partial charge on any atom is -0.292 e. The normalized spacial score (nSPS) is 15.8. The molecule has 0 atom stereocenters. The first kappa shape index (κ1) is 13.3. The number of nitrogens with zero attached hydrogens (tertiary/aromatic N) is 1. The average Bonchev–Trinajstić information content (AvgIpc) is 2.33. The smallest absolute Gasteiger partial charge is 0.229 e. The number of amides is 2. The zero-order chi connectivity index (χ0) is 14.0. The van der Waals surface area contributed by atoms with Crippen LogP contribution in [0.4, 0.5) is 8.78 Å². The topological polar surface area (TPSA) is 54.5 Å². The van der Waals surface area contributed by atoms with Gasteiger partial charge in [0.2, 0.25) is 11.8 Å². The maximum Gasteiger partial charge on any atom is 0.229 e. The van der Waals surface area contributed by atoms with E-state index in [9.17, 15) is 23.2 Å². The summed E-state index contributed by atoms with van der Waals surface area (Å²) >= 11 is 0. The van der Waals surface area contributed by atoms with Crippen LogP contribution >= 0.6 is 0 Å². The minimum absolute atomic E-state index is 0.199. The SMILES string of the molecule is O=C(CN1C(=O)CCCC1=O)c1ccc(F)cc1F. The van der Waals surface area contributed by atoms with Crippen molar-refractivity contribution in [2.45, 2.75) is 19.3 Å². The zero-order valence-corrected chi connectivity index (χ0v) is 9.99. The average molecular weight is 267 g/mol. The molecule has 0 radical (unpaired) electrons. The summed E-state index contributed by atoms with van der Waals surface area (Å²) in [5.41, 5.74) is -0.326. The van der Waals surface area contributed by atoms with Crippen molar-refractivity contribution >= 4 is 17.6 Å². The molecule has 0 bridgehead atoms. The molecule has 0 N–H and O–H groups in total. The highest BCUT2D eigenvalue weighted by Gasteiger charge is 2.28. The largest absolute Gasteiger partial charge is 0.292 e. The van der Waals surface area contributed by atoms with Crippen LogP contribution in [0.25, 0.3) is 0 Å². The van der Waals surface area contributed by atoms with Crippen LogP contribution in [0.3, 0.4) is 0 Å². The van der Waals surface area contributed by atoms with Crippen molar-refractivity contribution in [1.82, 2.24) is 4.90 Å². The Morgan fingerprint density at radius 3 is 2.37 bits per heavy atom. The predicted molar refractivity (Wildman–Crippen MR) is 61.3 cm³/mol. The third kappa shape index (κ3) is 2.83. The number of piperidine rings is 1. The number of benzene rings is 1. The lowest BCUT2D eigenvalue weighted by Crippen LogP contribution is -2.43. The second kappa shape index (κ2) is 5.26. The van der Waals surface area contributed by atoms with Crippen molar-refractivity contribution in [3.63, 3.8) is 0 Å². The van der Waals surface area contributed by atoms with Gasteiger partial charge in [0, 0.05) is 18.9 Å². The second-order valence-corrected chi connectivity index (χ2v) is 4.27. The van der Waals surface area contributed by atoms with E-state index in [1.807, 2.05) is 0 Å². The highest BCUT2D eigenvalue weighted by molar-refractivity contribution is 6.05. The lowest BCUT2D eigenvalue weighted by atomic mass is 10.1. The van der Waals surface area contributed by atoms with E-state index < -0.39 is 35.8 Å². The van der Waals surface area contributed by atoms with Crippen LogP contribution in [0.1, 0.15) is 29.6 Å². The Bertz CT molecular complexity index is 541. The minimum atomic E-state index is -0.998. The van der Waals surface area contributed by atoms with Gasteiger partial charge in [0.15, 0.2) is 5.78 Å². The van der Waals surface area contributed by atoms with Crippen LogP contribution in [0.2, 0.25) is 0 Å². The van der Waals surface area contributed by atoms with Gasteiger partial charge in [-0.3, -0.25) is 19.3 Å². The molecule has 2 amide bonds. The molecule has 0 unspecified atom stereocenters. The van der Waals surface area contributed by atoms with E-state index in [2.05, 4.69) is 0 Å². The lowest BCUT2D eigenvalue weighted by Gasteiger charge is -2.24. The van der Waals surface area contributed by atoms with Crippen molar-refractivity contribution in [3.8, 4) is 0 Å². The zero-order valence-electron chi connectivity index (χ0n) is 9.99. The fraction of sp³-hybridized carbons (Fsp3) is 0.308. The van der Waals surface area contributed by atoms with Crippen molar-refractivity contribution in [3.05, 3.63) is 35.4 Å². The molecule has 4 nitrogen and oxygen atoms in total. The maximum atomic E-state index is 13.4. The number of hydrogen-bond donors (Lipinski definition) is 0. The number of Topliss-reactive ketones (excluding diaryl/α,β-unsaturated/α-hetero) is 1. The van der Waals surface area contributed by atoms with Gasteiger partial charge in [-0.2, -0.15) is 0 Å². The molecular weight excluding hydrogens is 256 g/mol. The van der Waals surface area contributed by atoms with Gasteiger partial charge < -0.3 is 0 Å². The van der Waals surface area contributed by atoms with E-state index >= 15 is 0 Å². The molecule has 2 rings (SSSR count). The van der Waals surface area contributed by atoms with Gasteiger partial charge in [-0.05, 0) is 18.6 Å². The molecule has 1 fully saturated rings. The van der Waals surface area contributed by atoms with Gasteiger partial charge >= 0.3 is 0 Å². The third-order valence-electron chi connectivity index (χ3n) is 2.92. The fourth-order valence-corrected chi connectivity index (χ4v) is 1.92. The highest BCUT2D eigenvalue weighted by Crippen LogP contribution is 2.15. The van der Waals surface area contributed by atoms with Gasteiger partial charge in [-0.15, -0.1) is 0 Å². The van der Waals surface area contributed by atoms with Crippen LogP contribution in [-0.4, -0.2) is 29.0 Å². The van der Waals surface area contributed by atoms with E-state index in [0.29, 0.717) is 12.5 Å². The first-order valence-corrected chi connectivity index (χ1v) is 5.80. The Balaban J connectivity index is 2.16. The molecule has 0 aliphatic carbocycles. The lowest BCUT2D eigenvalue weighted by molar-refractivity contribution is -0.147. The quantitative estimate of drug-likeness (QED) is 0.618. The number of likely N-dealkylation sites (tertiary alicyclic amines) is 1. The first-order valence-electron chi connectivity index (χ1n) is 5.80. The summed E-state index contributed by atoms with van der Waals surface area (Å²) in [7, 11) is 0. The number of carbonyl (C=O) groups excluding carboxylic acids is 3. The van der Waals surface area contributed by atoms with Gasteiger partial charge in [-0.1, -0.05) is 0 Å². The van der Waals surface area contributed by atoms with Crippen molar-refractivity contribution in [2.75, 3.05) is 6.54 Å². The molecule has 0 spiro atoms. The summed E-state index contributed by atoms with van der Waals surface area (Å²) in [5.74, 6) is -3.39. The summed E-state index contributed by atoms with van der Waals surface area (Å²) in [6.45, 7) is -0.500. The Kier molecular flexibility index (Phi) is 3.69. The van der Waals surface area contributed by atoms with E-state index in [1.165, 1.54) is 0 Å². The van der Waals surface area contributed by atoms with Crippen molar-refractivity contribution in [2.24, 2.45) is 0 Å². The highest BCUT2D eigenvalue weighted by atomic mass is 19.1. The molecular formula is C13H11F2NO3. The Morgan fingerprint density at radius 1 is 1.16 bits per heavy atom. The van der Waals surface area contributed by atoms with E-state index in [1.54, 1.807) is 0 Å². The van der Waals surface area contributed by atoms with Crippen LogP contribution in [0, 0.1) is 11.6 Å². The molecule has 100 valence electrons. The number of hydrogen-bond acceptors (Lipinski definition) is 3. The van der Waals surface area contributed by atoms with E-state index in [-0.39, 0.29) is 18.4 Å². The van der Waals surface area contributed by atoms with E-state index in [0.717, 1.165) is 17.0 Å². The van der Waals surface area contributed by atoms with Gasteiger partial charge in [0.25, 0.3) is 0 Å². The standard InChI is InChI=1S/C13H11F2NO3/c14-8-4-5-9(10(15)6-8)11(17)7-16-12(18)2-1-3-13(16)19/h4-6H,1-3,7H2. The maximum absolute atomic E-state index is 13.4. The fourth-order valence-electron chi connectivity index (χ4n) is 1.92. The number of halogens is 2. The molecule has 19 heavy (non-hydrogen) atoms.